The van der Waals surface area contributed by atoms with Gasteiger partial charge in [0.25, 0.3) is 0 Å². The van der Waals surface area contributed by atoms with Crippen LogP contribution in [0.5, 0.6) is 0 Å². The Labute approximate surface area is 131 Å². The van der Waals surface area contributed by atoms with Crippen molar-refractivity contribution >= 4 is 17.4 Å². The summed E-state index contributed by atoms with van der Waals surface area (Å²) in [5, 5.41) is 5.53. The van der Waals surface area contributed by atoms with Gasteiger partial charge < -0.3 is 10.6 Å². The van der Waals surface area contributed by atoms with E-state index in [1.807, 2.05) is 12.1 Å². The minimum atomic E-state index is -4.45. The van der Waals surface area contributed by atoms with Gasteiger partial charge in [-0.1, -0.05) is 18.2 Å². The molecule has 1 heterocycles. The van der Waals surface area contributed by atoms with Crippen LogP contribution in [0.3, 0.4) is 0 Å². The topological polar surface area (TPSA) is 54.0 Å². The number of pyridine rings is 1. The van der Waals surface area contributed by atoms with Gasteiger partial charge in [-0.3, -0.25) is 4.79 Å². The Kier molecular flexibility index (Phi) is 5.20. The fourth-order valence-corrected chi connectivity index (χ4v) is 1.98. The Balaban J connectivity index is 1.89. The standard InChI is InChI=1S/C16H16F3N3O/c1-11(23)21-13-7-5-12(6-8-13)9-10-20-15-4-2-3-14(22-15)16(17,18)19/h2-8H,9-10H2,1H3,(H,20,22)(H,21,23). The van der Waals surface area contributed by atoms with E-state index in [0.29, 0.717) is 18.7 Å². The van der Waals surface area contributed by atoms with Gasteiger partial charge in [0, 0.05) is 19.2 Å². The molecule has 122 valence electrons. The van der Waals surface area contributed by atoms with E-state index in [1.165, 1.54) is 19.1 Å². The van der Waals surface area contributed by atoms with Crippen LogP contribution in [0.15, 0.2) is 42.5 Å². The molecule has 0 radical (unpaired) electrons. The van der Waals surface area contributed by atoms with E-state index in [4.69, 9.17) is 0 Å². The maximum Gasteiger partial charge on any atom is 0.433 e. The molecule has 0 spiro atoms. The maximum atomic E-state index is 12.6. The van der Waals surface area contributed by atoms with Gasteiger partial charge >= 0.3 is 6.18 Å². The lowest BCUT2D eigenvalue weighted by atomic mass is 10.1. The highest BCUT2D eigenvalue weighted by Gasteiger charge is 2.32. The second kappa shape index (κ2) is 7.13. The zero-order valence-electron chi connectivity index (χ0n) is 12.4. The predicted molar refractivity (Wildman–Crippen MR) is 82.2 cm³/mol. The van der Waals surface area contributed by atoms with Crippen LogP contribution in [0.4, 0.5) is 24.7 Å². The Morgan fingerprint density at radius 2 is 1.83 bits per heavy atom. The summed E-state index contributed by atoms with van der Waals surface area (Å²) in [6.45, 7) is 1.88. The number of aromatic nitrogens is 1. The van der Waals surface area contributed by atoms with Crippen LogP contribution < -0.4 is 10.6 Å². The molecular weight excluding hydrogens is 307 g/mol. The minimum absolute atomic E-state index is 0.143. The number of alkyl halides is 3. The molecule has 0 saturated heterocycles. The number of hydrogen-bond acceptors (Lipinski definition) is 3. The van der Waals surface area contributed by atoms with Crippen molar-refractivity contribution in [2.24, 2.45) is 0 Å². The molecule has 2 N–H and O–H groups in total. The number of anilines is 2. The summed E-state index contributed by atoms with van der Waals surface area (Å²) in [5.41, 5.74) is 0.787. The number of carbonyl (C=O) groups is 1. The molecule has 0 aliphatic heterocycles. The van der Waals surface area contributed by atoms with Crippen molar-refractivity contribution in [3.05, 3.63) is 53.7 Å². The first kappa shape index (κ1) is 16.8. The molecule has 0 saturated carbocycles. The van der Waals surface area contributed by atoms with Crippen LogP contribution in [-0.2, 0) is 17.4 Å². The highest BCUT2D eigenvalue weighted by atomic mass is 19.4. The maximum absolute atomic E-state index is 12.6. The van der Waals surface area contributed by atoms with E-state index in [2.05, 4.69) is 15.6 Å². The van der Waals surface area contributed by atoms with Crippen LogP contribution in [0, 0.1) is 0 Å². The SMILES string of the molecule is CC(=O)Nc1ccc(CCNc2cccc(C(F)(F)F)n2)cc1. The largest absolute Gasteiger partial charge is 0.433 e. The van der Waals surface area contributed by atoms with Gasteiger partial charge in [0.05, 0.1) is 0 Å². The predicted octanol–water partition coefficient (Wildman–Crippen LogP) is 3.71. The highest BCUT2D eigenvalue weighted by Crippen LogP contribution is 2.28. The first-order chi connectivity index (χ1) is 10.8. The van der Waals surface area contributed by atoms with Crippen LogP contribution in [0.2, 0.25) is 0 Å². The van der Waals surface area contributed by atoms with Gasteiger partial charge in [0.1, 0.15) is 11.5 Å². The van der Waals surface area contributed by atoms with Gasteiger partial charge in [-0.25, -0.2) is 4.98 Å². The number of nitrogens with one attached hydrogen (secondary N) is 2. The smallest absolute Gasteiger partial charge is 0.370 e. The molecule has 0 aliphatic rings. The van der Waals surface area contributed by atoms with Crippen molar-refractivity contribution in [1.29, 1.82) is 0 Å². The Hall–Kier alpha value is -2.57. The Morgan fingerprint density at radius 3 is 2.43 bits per heavy atom. The summed E-state index contributed by atoms with van der Waals surface area (Å²) in [4.78, 5) is 14.5. The van der Waals surface area contributed by atoms with Crippen LogP contribution in [-0.4, -0.2) is 17.4 Å². The summed E-state index contributed by atoms with van der Waals surface area (Å²) in [6.07, 6.45) is -3.82. The third-order valence-corrected chi connectivity index (χ3v) is 3.03. The quantitative estimate of drug-likeness (QED) is 0.882. The van der Waals surface area contributed by atoms with Crippen molar-refractivity contribution in [1.82, 2.24) is 4.98 Å². The third-order valence-electron chi connectivity index (χ3n) is 3.03. The lowest BCUT2D eigenvalue weighted by Crippen LogP contribution is -2.11. The van der Waals surface area contributed by atoms with Crippen LogP contribution in [0.1, 0.15) is 18.2 Å². The van der Waals surface area contributed by atoms with E-state index < -0.39 is 11.9 Å². The number of benzene rings is 1. The number of amides is 1. The zero-order valence-corrected chi connectivity index (χ0v) is 12.4. The summed E-state index contributed by atoms with van der Waals surface area (Å²) in [5.74, 6) is 0.0460. The van der Waals surface area contributed by atoms with Gasteiger partial charge in [0.15, 0.2) is 0 Å². The molecule has 0 bridgehead atoms. The molecule has 1 aromatic heterocycles. The van der Waals surface area contributed by atoms with E-state index >= 15 is 0 Å². The lowest BCUT2D eigenvalue weighted by molar-refractivity contribution is -0.141. The van der Waals surface area contributed by atoms with Gasteiger partial charge in [-0.2, -0.15) is 13.2 Å². The molecule has 0 fully saturated rings. The Morgan fingerprint density at radius 1 is 1.13 bits per heavy atom. The molecule has 1 amide bonds. The highest BCUT2D eigenvalue weighted by molar-refractivity contribution is 5.88. The molecule has 2 aromatic rings. The minimum Gasteiger partial charge on any atom is -0.370 e. The fraction of sp³-hybridized carbons (Fsp3) is 0.250. The van der Waals surface area contributed by atoms with E-state index in [0.717, 1.165) is 11.6 Å². The molecule has 7 heteroatoms. The average Bonchev–Trinajstić information content (AvgIpc) is 2.48. The molecular formula is C16H16F3N3O. The number of carbonyl (C=O) groups excluding carboxylic acids is 1. The zero-order chi connectivity index (χ0) is 16.9. The number of nitrogens with zero attached hydrogens (tertiary/aromatic N) is 1. The van der Waals surface area contributed by atoms with E-state index in [-0.39, 0.29) is 11.7 Å². The molecule has 0 unspecified atom stereocenters. The van der Waals surface area contributed by atoms with Crippen LogP contribution in [0.25, 0.3) is 0 Å². The molecule has 4 nitrogen and oxygen atoms in total. The van der Waals surface area contributed by atoms with Crippen molar-refractivity contribution < 1.29 is 18.0 Å². The molecule has 2 rings (SSSR count). The normalized spacial score (nSPS) is 11.1. The second-order valence-electron chi connectivity index (χ2n) is 4.96. The summed E-state index contributed by atoms with van der Waals surface area (Å²) in [6, 6.07) is 11.0. The Bertz CT molecular complexity index is 669. The third kappa shape index (κ3) is 5.28. The molecule has 23 heavy (non-hydrogen) atoms. The molecule has 0 aliphatic carbocycles. The van der Waals surface area contributed by atoms with Crippen molar-refractivity contribution in [3.8, 4) is 0 Å². The lowest BCUT2D eigenvalue weighted by Gasteiger charge is -2.10. The van der Waals surface area contributed by atoms with Gasteiger partial charge in [-0.05, 0) is 36.2 Å². The van der Waals surface area contributed by atoms with Crippen molar-refractivity contribution in [3.63, 3.8) is 0 Å². The van der Waals surface area contributed by atoms with Gasteiger partial charge in [0.2, 0.25) is 5.91 Å². The first-order valence-electron chi connectivity index (χ1n) is 6.99. The summed E-state index contributed by atoms with van der Waals surface area (Å²) >= 11 is 0. The molecule has 0 atom stereocenters. The summed E-state index contributed by atoms with van der Waals surface area (Å²) in [7, 11) is 0. The van der Waals surface area contributed by atoms with Crippen LogP contribution >= 0.6 is 0 Å². The van der Waals surface area contributed by atoms with Crippen molar-refractivity contribution in [2.45, 2.75) is 19.5 Å². The van der Waals surface area contributed by atoms with E-state index in [9.17, 15) is 18.0 Å². The van der Waals surface area contributed by atoms with E-state index in [1.54, 1.807) is 12.1 Å². The number of hydrogen-bond donors (Lipinski definition) is 2. The van der Waals surface area contributed by atoms with Crippen molar-refractivity contribution in [2.75, 3.05) is 17.2 Å². The average molecular weight is 323 g/mol. The second-order valence-corrected chi connectivity index (χ2v) is 4.96. The monoisotopic (exact) mass is 323 g/mol. The molecule has 1 aromatic carbocycles. The fourth-order valence-electron chi connectivity index (χ4n) is 1.98. The van der Waals surface area contributed by atoms with Gasteiger partial charge in [-0.15, -0.1) is 0 Å². The number of rotatable bonds is 5. The number of halogens is 3. The first-order valence-corrected chi connectivity index (χ1v) is 6.99. The summed E-state index contributed by atoms with van der Waals surface area (Å²) < 4.78 is 37.7.